The highest BCUT2D eigenvalue weighted by atomic mass is 16.3. The molecule has 8 heteroatoms. The molecule has 0 saturated heterocycles. The first-order chi connectivity index (χ1) is 11.8. The molecule has 4 N–H and O–H groups in total. The Morgan fingerprint density at radius 2 is 1.04 bits per heavy atom. The van der Waals surface area contributed by atoms with E-state index in [1.54, 1.807) is 48.5 Å². The Kier molecular flexibility index (Phi) is 6.51. The molecular formula is C16H16N6O2. The van der Waals surface area contributed by atoms with Crippen LogP contribution in [0.25, 0.3) is 0 Å². The van der Waals surface area contributed by atoms with Crippen molar-refractivity contribution in [3.8, 4) is 11.5 Å². The van der Waals surface area contributed by atoms with Gasteiger partial charge in [0.05, 0.1) is 12.4 Å². The van der Waals surface area contributed by atoms with Crippen molar-refractivity contribution in [3.05, 3.63) is 59.7 Å². The van der Waals surface area contributed by atoms with Gasteiger partial charge in [0, 0.05) is 11.1 Å². The molecule has 8 nitrogen and oxygen atoms in total. The molecule has 0 radical (unpaired) electrons. The molecule has 0 saturated carbocycles. The summed E-state index contributed by atoms with van der Waals surface area (Å²) in [6.07, 6.45) is 5.46. The fourth-order valence-corrected chi connectivity index (χ4v) is 1.58. The van der Waals surface area contributed by atoms with Crippen LogP contribution < -0.4 is 10.9 Å². The maximum atomic E-state index is 9.52. The molecule has 0 spiro atoms. The van der Waals surface area contributed by atoms with Gasteiger partial charge in [-0.15, -0.1) is 10.2 Å². The highest BCUT2D eigenvalue weighted by molar-refractivity contribution is 5.84. The standard InChI is InChI=1S/C16H16N6O2/c23-15-7-3-1-5-13(15)9-17-19-11-21-22-12-20-18-10-14-6-2-4-8-16(14)24/h1-12,23-24H,(H,19,21)(H,20,22)/b17-9-,18-10+. The van der Waals surface area contributed by atoms with Gasteiger partial charge in [0.25, 0.3) is 0 Å². The molecule has 0 heterocycles. The summed E-state index contributed by atoms with van der Waals surface area (Å²) >= 11 is 0. The SMILES string of the molecule is Oc1ccccc1/C=N\N=CNN/C=N/N=C/c1ccccc1O. The van der Waals surface area contributed by atoms with Crippen molar-refractivity contribution < 1.29 is 10.2 Å². The third-order valence-electron chi connectivity index (χ3n) is 2.73. The number of phenols is 2. The molecule has 0 atom stereocenters. The zero-order chi connectivity index (χ0) is 17.0. The minimum atomic E-state index is 0.136. The molecule has 0 unspecified atom stereocenters. The number of nitrogens with one attached hydrogen (secondary N) is 2. The van der Waals surface area contributed by atoms with Gasteiger partial charge in [0.2, 0.25) is 0 Å². The smallest absolute Gasteiger partial charge is 0.129 e. The summed E-state index contributed by atoms with van der Waals surface area (Å²) in [6, 6.07) is 13.6. The van der Waals surface area contributed by atoms with Crippen LogP contribution in [0.15, 0.2) is 68.9 Å². The molecule has 2 aromatic rings. The fourth-order valence-electron chi connectivity index (χ4n) is 1.58. The maximum Gasteiger partial charge on any atom is 0.129 e. The van der Waals surface area contributed by atoms with Crippen LogP contribution in [-0.2, 0) is 0 Å². The van der Waals surface area contributed by atoms with Crippen LogP contribution in [0.2, 0.25) is 0 Å². The van der Waals surface area contributed by atoms with Crippen molar-refractivity contribution in [2.24, 2.45) is 20.4 Å². The van der Waals surface area contributed by atoms with Crippen LogP contribution >= 0.6 is 0 Å². The molecule has 24 heavy (non-hydrogen) atoms. The number of para-hydroxylation sites is 2. The van der Waals surface area contributed by atoms with Gasteiger partial charge in [0.15, 0.2) is 0 Å². The van der Waals surface area contributed by atoms with E-state index in [0.717, 1.165) is 0 Å². The van der Waals surface area contributed by atoms with Gasteiger partial charge in [-0.05, 0) is 24.3 Å². The molecule has 0 aromatic heterocycles. The van der Waals surface area contributed by atoms with Crippen LogP contribution in [0.3, 0.4) is 0 Å². The van der Waals surface area contributed by atoms with Crippen molar-refractivity contribution in [2.45, 2.75) is 0 Å². The number of hydrogen-bond donors (Lipinski definition) is 4. The number of nitrogens with zero attached hydrogens (tertiary/aromatic N) is 4. The number of hydrazine groups is 1. The minimum Gasteiger partial charge on any atom is -0.507 e. The summed E-state index contributed by atoms with van der Waals surface area (Å²) in [4.78, 5) is 0. The zero-order valence-corrected chi connectivity index (χ0v) is 12.6. The van der Waals surface area contributed by atoms with Crippen molar-refractivity contribution in [1.29, 1.82) is 0 Å². The molecule has 0 amide bonds. The van der Waals surface area contributed by atoms with Crippen molar-refractivity contribution in [1.82, 2.24) is 10.9 Å². The molecule has 0 aliphatic heterocycles. The quantitative estimate of drug-likeness (QED) is 0.268. The molecule has 0 bridgehead atoms. The van der Waals surface area contributed by atoms with Gasteiger partial charge in [-0.1, -0.05) is 24.3 Å². The van der Waals surface area contributed by atoms with Crippen molar-refractivity contribution in [3.63, 3.8) is 0 Å². The monoisotopic (exact) mass is 324 g/mol. The molecule has 122 valence electrons. The minimum absolute atomic E-state index is 0.136. The van der Waals surface area contributed by atoms with E-state index in [-0.39, 0.29) is 11.5 Å². The molecule has 0 fully saturated rings. The molecule has 2 rings (SSSR count). The Labute approximate surface area is 138 Å². The first-order valence-corrected chi connectivity index (χ1v) is 6.94. The average Bonchev–Trinajstić information content (AvgIpc) is 2.59. The van der Waals surface area contributed by atoms with E-state index >= 15 is 0 Å². The summed E-state index contributed by atoms with van der Waals surface area (Å²) in [5, 5.41) is 34.0. The van der Waals surface area contributed by atoms with Crippen LogP contribution in [-0.4, -0.2) is 35.3 Å². The number of phenolic OH excluding ortho intramolecular Hbond substituents is 2. The number of aromatic hydroxyl groups is 2. The molecule has 0 aliphatic carbocycles. The topological polar surface area (TPSA) is 114 Å². The highest BCUT2D eigenvalue weighted by Crippen LogP contribution is 2.13. The summed E-state index contributed by atoms with van der Waals surface area (Å²) in [6.45, 7) is 0. The molecule has 0 aliphatic rings. The Morgan fingerprint density at radius 1 is 0.625 bits per heavy atom. The third-order valence-corrected chi connectivity index (χ3v) is 2.73. The van der Waals surface area contributed by atoms with Crippen molar-refractivity contribution in [2.75, 3.05) is 0 Å². The number of rotatable bonds is 7. The summed E-state index contributed by atoms with van der Waals surface area (Å²) < 4.78 is 0. The van der Waals surface area contributed by atoms with Gasteiger partial charge in [0.1, 0.15) is 24.2 Å². The second kappa shape index (κ2) is 9.36. The highest BCUT2D eigenvalue weighted by Gasteiger charge is 1.94. The maximum absolute atomic E-state index is 9.52. The van der Waals surface area contributed by atoms with Crippen LogP contribution in [0, 0.1) is 0 Å². The Hall–Kier alpha value is -3.68. The second-order valence-electron chi connectivity index (χ2n) is 4.38. The lowest BCUT2D eigenvalue weighted by atomic mass is 10.2. The Balaban J connectivity index is 1.69. The van der Waals surface area contributed by atoms with Crippen LogP contribution in [0.5, 0.6) is 11.5 Å². The second-order valence-corrected chi connectivity index (χ2v) is 4.38. The summed E-state index contributed by atoms with van der Waals surface area (Å²) in [5.41, 5.74) is 6.36. The number of hydrogen-bond acceptors (Lipinski definition) is 6. The third kappa shape index (κ3) is 5.60. The average molecular weight is 324 g/mol. The fraction of sp³-hybridized carbons (Fsp3) is 0. The normalized spacial score (nSPS) is 11.8. The van der Waals surface area contributed by atoms with E-state index in [1.165, 1.54) is 25.1 Å². The van der Waals surface area contributed by atoms with Crippen LogP contribution in [0.1, 0.15) is 11.1 Å². The lowest BCUT2D eigenvalue weighted by Gasteiger charge is -1.96. The van der Waals surface area contributed by atoms with E-state index < -0.39 is 0 Å². The lowest BCUT2D eigenvalue weighted by Crippen LogP contribution is -2.28. The first-order valence-electron chi connectivity index (χ1n) is 6.94. The summed E-state index contributed by atoms with van der Waals surface area (Å²) in [7, 11) is 0. The predicted molar refractivity (Wildman–Crippen MR) is 94.7 cm³/mol. The Bertz CT molecular complexity index is 705. The largest absolute Gasteiger partial charge is 0.507 e. The van der Waals surface area contributed by atoms with Crippen LogP contribution in [0.4, 0.5) is 0 Å². The van der Waals surface area contributed by atoms with Crippen molar-refractivity contribution >= 4 is 25.1 Å². The summed E-state index contributed by atoms with van der Waals surface area (Å²) in [5.74, 6) is 0.272. The van der Waals surface area contributed by atoms with E-state index in [0.29, 0.717) is 11.1 Å². The van der Waals surface area contributed by atoms with E-state index in [4.69, 9.17) is 0 Å². The van der Waals surface area contributed by atoms with E-state index in [1.807, 2.05) is 0 Å². The number of benzene rings is 2. The van der Waals surface area contributed by atoms with Gasteiger partial charge in [-0.2, -0.15) is 10.2 Å². The first kappa shape index (κ1) is 16.7. The Morgan fingerprint density at radius 3 is 1.46 bits per heavy atom. The van der Waals surface area contributed by atoms with Gasteiger partial charge < -0.3 is 10.2 Å². The van der Waals surface area contributed by atoms with Gasteiger partial charge in [-0.3, -0.25) is 10.9 Å². The van der Waals surface area contributed by atoms with Gasteiger partial charge in [-0.25, -0.2) is 0 Å². The predicted octanol–water partition coefficient (Wildman–Crippen LogP) is 1.62. The van der Waals surface area contributed by atoms with E-state index in [2.05, 4.69) is 31.3 Å². The molecular weight excluding hydrogens is 308 g/mol. The lowest BCUT2D eigenvalue weighted by molar-refractivity contribution is 0.474. The zero-order valence-electron chi connectivity index (χ0n) is 12.6. The molecule has 2 aromatic carbocycles. The van der Waals surface area contributed by atoms with E-state index in [9.17, 15) is 10.2 Å². The van der Waals surface area contributed by atoms with Gasteiger partial charge >= 0.3 is 0 Å².